The quantitative estimate of drug-likeness (QED) is 0.523. The van der Waals surface area contributed by atoms with Crippen molar-refractivity contribution in [2.24, 2.45) is 0 Å². The summed E-state index contributed by atoms with van der Waals surface area (Å²) < 4.78 is 5.65. The Hall–Kier alpha value is -1.40. The van der Waals surface area contributed by atoms with Gasteiger partial charge in [0, 0.05) is 11.0 Å². The number of hydrogen-bond donors (Lipinski definition) is 1. The van der Waals surface area contributed by atoms with E-state index in [-0.39, 0.29) is 5.57 Å². The third kappa shape index (κ3) is 3.54. The third-order valence-electron chi connectivity index (χ3n) is 2.36. The molecule has 0 aromatic carbocycles. The van der Waals surface area contributed by atoms with Gasteiger partial charge in [-0.15, -0.1) is 23.5 Å². The minimum Gasteiger partial charge on any atom is -0.477 e. The summed E-state index contributed by atoms with van der Waals surface area (Å²) in [7, 11) is 0. The maximum atomic E-state index is 12.0. The van der Waals surface area contributed by atoms with Gasteiger partial charge in [-0.2, -0.15) is 0 Å². The predicted octanol–water partition coefficient (Wildman–Crippen LogP) is 3.03. The monoisotopic (exact) mass is 296 g/mol. The van der Waals surface area contributed by atoms with E-state index in [9.17, 15) is 14.7 Å². The van der Waals surface area contributed by atoms with Crippen LogP contribution in [-0.4, -0.2) is 27.9 Å². The maximum absolute atomic E-state index is 12.0. The molecule has 1 aliphatic rings. The average molecular weight is 296 g/mol. The smallest absolute Gasteiger partial charge is 0.341 e. The van der Waals surface area contributed by atoms with Crippen LogP contribution in [0.1, 0.15) is 12.7 Å². The Morgan fingerprint density at radius 1 is 1.53 bits per heavy atom. The molecule has 0 bridgehead atoms. The number of carboxylic acid groups (broad SMARTS) is 1. The molecule has 1 atom stereocenters. The fraction of sp³-hybridized carbons (Fsp3) is 0.231. The average Bonchev–Trinajstić information content (AvgIpc) is 2.98. The molecule has 1 N–H and O–H groups in total. The first-order valence-electron chi connectivity index (χ1n) is 5.61. The van der Waals surface area contributed by atoms with Crippen LogP contribution in [0.5, 0.6) is 0 Å². The number of carbonyl (C=O) groups excluding carboxylic acids is 1. The number of furan rings is 1. The highest BCUT2D eigenvalue weighted by Crippen LogP contribution is 2.43. The lowest BCUT2D eigenvalue weighted by Gasteiger charge is -2.02. The van der Waals surface area contributed by atoms with E-state index in [0.717, 1.165) is 5.75 Å². The molecule has 0 amide bonds. The Kier molecular flexibility index (Phi) is 4.55. The first-order chi connectivity index (χ1) is 9.08. The Morgan fingerprint density at radius 3 is 2.84 bits per heavy atom. The molecule has 19 heavy (non-hydrogen) atoms. The number of aliphatic carboxylic acids is 1. The Morgan fingerprint density at radius 2 is 2.32 bits per heavy atom. The molecule has 6 heteroatoms. The van der Waals surface area contributed by atoms with Gasteiger partial charge in [0.25, 0.3) is 0 Å². The molecule has 100 valence electrons. The van der Waals surface area contributed by atoms with Crippen molar-refractivity contribution in [2.75, 3.05) is 5.75 Å². The van der Waals surface area contributed by atoms with Crippen molar-refractivity contribution in [3.05, 3.63) is 40.0 Å². The van der Waals surface area contributed by atoms with Crippen LogP contribution in [0.4, 0.5) is 0 Å². The topological polar surface area (TPSA) is 67.5 Å². The summed E-state index contributed by atoms with van der Waals surface area (Å²) in [6, 6.07) is 3.39. The van der Waals surface area contributed by atoms with E-state index >= 15 is 0 Å². The van der Waals surface area contributed by atoms with Crippen molar-refractivity contribution in [1.29, 1.82) is 0 Å². The fourth-order valence-electron chi connectivity index (χ4n) is 1.50. The number of rotatable bonds is 4. The highest BCUT2D eigenvalue weighted by atomic mass is 32.2. The maximum Gasteiger partial charge on any atom is 0.341 e. The second kappa shape index (κ2) is 6.16. The zero-order chi connectivity index (χ0) is 13.8. The van der Waals surface area contributed by atoms with E-state index in [4.69, 9.17) is 4.42 Å². The van der Waals surface area contributed by atoms with Gasteiger partial charge < -0.3 is 9.52 Å². The van der Waals surface area contributed by atoms with E-state index in [1.54, 1.807) is 12.1 Å². The molecule has 1 aliphatic heterocycles. The molecule has 4 nitrogen and oxygen atoms in total. The van der Waals surface area contributed by atoms with Crippen LogP contribution in [0.15, 0.2) is 38.7 Å². The van der Waals surface area contributed by atoms with Gasteiger partial charge in [0.2, 0.25) is 0 Å². The van der Waals surface area contributed by atoms with Gasteiger partial charge in [0.15, 0.2) is 5.78 Å². The van der Waals surface area contributed by atoms with Gasteiger partial charge in [-0.1, -0.05) is 6.92 Å². The Labute approximate surface area is 118 Å². The minimum absolute atomic E-state index is 0.151. The zero-order valence-electron chi connectivity index (χ0n) is 10.2. The summed E-state index contributed by atoms with van der Waals surface area (Å²) in [6.07, 6.45) is 4.20. The van der Waals surface area contributed by atoms with Gasteiger partial charge in [-0.3, -0.25) is 4.79 Å². The van der Waals surface area contributed by atoms with Crippen LogP contribution in [0.3, 0.4) is 0 Å². The number of allylic oxidation sites excluding steroid dienone is 1. The number of ketones is 1. The van der Waals surface area contributed by atoms with Gasteiger partial charge >= 0.3 is 5.97 Å². The highest BCUT2D eigenvalue weighted by molar-refractivity contribution is 8.25. The lowest BCUT2D eigenvalue weighted by atomic mass is 10.2. The fourth-order valence-corrected chi connectivity index (χ4v) is 4.33. The second-order valence-electron chi connectivity index (χ2n) is 3.92. The highest BCUT2D eigenvalue weighted by Gasteiger charge is 2.27. The number of carbonyl (C=O) groups is 2. The minimum atomic E-state index is -1.18. The number of thioether (sulfide) groups is 2. The van der Waals surface area contributed by atoms with Crippen molar-refractivity contribution >= 4 is 41.4 Å². The van der Waals surface area contributed by atoms with Gasteiger partial charge in [-0.05, 0) is 24.3 Å². The number of hydrogen-bond acceptors (Lipinski definition) is 5. The van der Waals surface area contributed by atoms with Gasteiger partial charge in [0.05, 0.1) is 10.5 Å². The third-order valence-corrected chi connectivity index (χ3v) is 5.34. The first-order valence-corrected chi connectivity index (χ1v) is 7.47. The summed E-state index contributed by atoms with van der Waals surface area (Å²) in [5.74, 6) is -0.347. The summed E-state index contributed by atoms with van der Waals surface area (Å²) in [5, 5.41) is 9.51. The van der Waals surface area contributed by atoms with Crippen molar-refractivity contribution in [1.82, 2.24) is 0 Å². The van der Waals surface area contributed by atoms with E-state index < -0.39 is 11.8 Å². The molecule has 0 aliphatic carbocycles. The van der Waals surface area contributed by atoms with E-state index in [1.165, 1.54) is 41.9 Å². The van der Waals surface area contributed by atoms with Crippen LogP contribution in [0.25, 0.3) is 6.08 Å². The normalized spacial score (nSPS) is 21.8. The molecular weight excluding hydrogens is 284 g/mol. The van der Waals surface area contributed by atoms with Crippen LogP contribution in [-0.2, 0) is 9.59 Å². The molecule has 1 aromatic heterocycles. The summed E-state index contributed by atoms with van der Waals surface area (Å²) >= 11 is 2.86. The first kappa shape index (κ1) is 14.0. The van der Waals surface area contributed by atoms with Crippen LogP contribution < -0.4 is 0 Å². The molecule has 1 saturated heterocycles. The molecule has 1 unspecified atom stereocenters. The molecule has 0 radical (unpaired) electrons. The molecule has 1 fully saturated rings. The van der Waals surface area contributed by atoms with Crippen LogP contribution in [0.2, 0.25) is 0 Å². The zero-order valence-corrected chi connectivity index (χ0v) is 11.8. The van der Waals surface area contributed by atoms with Crippen LogP contribution >= 0.6 is 23.5 Å². The van der Waals surface area contributed by atoms with E-state index in [0.29, 0.717) is 15.2 Å². The van der Waals surface area contributed by atoms with Crippen molar-refractivity contribution in [3.63, 3.8) is 0 Å². The van der Waals surface area contributed by atoms with Gasteiger partial charge in [0.1, 0.15) is 11.3 Å². The molecular formula is C13H12O4S2. The van der Waals surface area contributed by atoms with E-state index in [2.05, 4.69) is 0 Å². The summed E-state index contributed by atoms with van der Waals surface area (Å²) in [5.41, 5.74) is -0.151. The molecule has 0 saturated carbocycles. The van der Waals surface area contributed by atoms with Gasteiger partial charge in [-0.25, -0.2) is 4.79 Å². The van der Waals surface area contributed by atoms with Crippen molar-refractivity contribution < 1.29 is 19.1 Å². The largest absolute Gasteiger partial charge is 0.477 e. The summed E-state index contributed by atoms with van der Waals surface area (Å²) in [6.45, 7) is 2.01. The predicted molar refractivity (Wildman–Crippen MR) is 76.9 cm³/mol. The van der Waals surface area contributed by atoms with Crippen molar-refractivity contribution in [2.45, 2.75) is 12.2 Å². The molecule has 1 aromatic rings. The standard InChI is InChI=1S/C13H12O4S2/c1-8-7-18-13(19-8)11(12(15)16)10(14)5-4-9-3-2-6-17-9/h2-6,8H,7H2,1H3,(H,15,16)/b5-4+,13-11+. The number of carboxylic acids is 1. The Bertz CT molecular complexity index is 543. The molecule has 2 heterocycles. The molecule has 0 spiro atoms. The lowest BCUT2D eigenvalue weighted by Crippen LogP contribution is -2.11. The lowest BCUT2D eigenvalue weighted by molar-refractivity contribution is -0.134. The SMILES string of the molecule is CC1CS/C(=C(\C(=O)O)C(=O)/C=C/c2ccco2)S1. The van der Waals surface area contributed by atoms with E-state index in [1.807, 2.05) is 6.92 Å². The second-order valence-corrected chi connectivity index (χ2v) is 6.66. The van der Waals surface area contributed by atoms with Crippen molar-refractivity contribution in [3.8, 4) is 0 Å². The van der Waals surface area contributed by atoms with Crippen LogP contribution in [0, 0.1) is 0 Å². The molecule has 2 rings (SSSR count). The summed E-state index contributed by atoms with van der Waals surface area (Å²) in [4.78, 5) is 23.2. The Balaban J connectivity index is 2.21.